The normalized spacial score (nSPS) is 15.5. The lowest BCUT2D eigenvalue weighted by Crippen LogP contribution is -2.34. The van der Waals surface area contributed by atoms with Crippen molar-refractivity contribution in [3.8, 4) is 5.75 Å². The lowest BCUT2D eigenvalue weighted by Gasteiger charge is -2.17. The molecule has 4 nitrogen and oxygen atoms in total. The van der Waals surface area contributed by atoms with E-state index in [2.05, 4.69) is 0 Å². The molecule has 0 atom stereocenters. The number of halogens is 1. The van der Waals surface area contributed by atoms with Crippen molar-refractivity contribution < 1.29 is 14.3 Å². The summed E-state index contributed by atoms with van der Waals surface area (Å²) in [5.74, 6) is 0.156. The highest BCUT2D eigenvalue weighted by atomic mass is 35.5. The third kappa shape index (κ3) is 3.33. The summed E-state index contributed by atoms with van der Waals surface area (Å²) in [5.41, 5.74) is 0.897. The SMILES string of the molecule is CC(C)CN1C(=O)C(Cl)=C(c2ccc(OC(C)C)cc2)C1=O. The van der Waals surface area contributed by atoms with Gasteiger partial charge in [0.15, 0.2) is 0 Å². The maximum absolute atomic E-state index is 12.5. The van der Waals surface area contributed by atoms with Gasteiger partial charge in [0, 0.05) is 6.54 Å². The lowest BCUT2D eigenvalue weighted by atomic mass is 10.1. The third-order valence-electron chi connectivity index (χ3n) is 3.17. The van der Waals surface area contributed by atoms with Gasteiger partial charge in [-0.15, -0.1) is 0 Å². The van der Waals surface area contributed by atoms with Crippen LogP contribution in [-0.4, -0.2) is 29.4 Å². The Bertz CT molecular complexity index is 617. The van der Waals surface area contributed by atoms with Crippen LogP contribution in [0.2, 0.25) is 0 Å². The van der Waals surface area contributed by atoms with Crippen LogP contribution in [0, 0.1) is 5.92 Å². The molecule has 2 rings (SSSR count). The van der Waals surface area contributed by atoms with Gasteiger partial charge in [-0.2, -0.15) is 0 Å². The van der Waals surface area contributed by atoms with Crippen LogP contribution in [0.1, 0.15) is 33.3 Å². The van der Waals surface area contributed by atoms with E-state index >= 15 is 0 Å². The first kappa shape index (κ1) is 16.6. The fourth-order valence-electron chi connectivity index (χ4n) is 2.30. The van der Waals surface area contributed by atoms with E-state index in [1.54, 1.807) is 24.3 Å². The molecule has 0 bridgehead atoms. The lowest BCUT2D eigenvalue weighted by molar-refractivity contribution is -0.137. The van der Waals surface area contributed by atoms with Crippen molar-refractivity contribution >= 4 is 29.0 Å². The summed E-state index contributed by atoms with van der Waals surface area (Å²) in [6.07, 6.45) is 0.0740. The Balaban J connectivity index is 2.28. The smallest absolute Gasteiger partial charge is 0.273 e. The van der Waals surface area contributed by atoms with Gasteiger partial charge in [-0.3, -0.25) is 14.5 Å². The fourth-order valence-corrected chi connectivity index (χ4v) is 2.59. The predicted octanol–water partition coefficient (Wildman–Crippen LogP) is 3.45. The molecule has 1 aromatic carbocycles. The first-order chi connectivity index (χ1) is 10.3. The first-order valence-corrected chi connectivity index (χ1v) is 7.72. The van der Waals surface area contributed by atoms with E-state index in [9.17, 15) is 9.59 Å². The van der Waals surface area contributed by atoms with Crippen molar-refractivity contribution in [1.82, 2.24) is 4.90 Å². The molecule has 5 heteroatoms. The summed E-state index contributed by atoms with van der Waals surface area (Å²) in [6.45, 7) is 8.15. The van der Waals surface area contributed by atoms with E-state index in [1.807, 2.05) is 27.7 Å². The number of rotatable bonds is 5. The molecule has 0 unspecified atom stereocenters. The quantitative estimate of drug-likeness (QED) is 0.780. The van der Waals surface area contributed by atoms with Gasteiger partial charge in [0.05, 0.1) is 11.7 Å². The summed E-state index contributed by atoms with van der Waals surface area (Å²) < 4.78 is 5.57. The highest BCUT2D eigenvalue weighted by molar-refractivity contribution is 6.55. The molecule has 1 aromatic rings. The van der Waals surface area contributed by atoms with Crippen LogP contribution in [0.3, 0.4) is 0 Å². The van der Waals surface area contributed by atoms with E-state index in [4.69, 9.17) is 16.3 Å². The molecule has 0 saturated heterocycles. The number of imide groups is 1. The van der Waals surface area contributed by atoms with Gasteiger partial charge in [-0.05, 0) is 37.5 Å². The van der Waals surface area contributed by atoms with E-state index in [0.717, 1.165) is 0 Å². The number of amides is 2. The van der Waals surface area contributed by atoms with Crippen molar-refractivity contribution in [3.05, 3.63) is 34.9 Å². The third-order valence-corrected chi connectivity index (χ3v) is 3.52. The van der Waals surface area contributed by atoms with Gasteiger partial charge in [0.1, 0.15) is 10.8 Å². The van der Waals surface area contributed by atoms with Gasteiger partial charge in [-0.1, -0.05) is 37.6 Å². The Morgan fingerprint density at radius 3 is 2.14 bits per heavy atom. The van der Waals surface area contributed by atoms with Crippen LogP contribution in [-0.2, 0) is 9.59 Å². The molecule has 118 valence electrons. The highest BCUT2D eigenvalue weighted by Crippen LogP contribution is 2.32. The number of ether oxygens (including phenoxy) is 1. The van der Waals surface area contributed by atoms with Gasteiger partial charge < -0.3 is 4.74 Å². The predicted molar refractivity (Wildman–Crippen MR) is 86.5 cm³/mol. The minimum absolute atomic E-state index is 0.0109. The zero-order valence-electron chi connectivity index (χ0n) is 13.2. The Morgan fingerprint density at radius 1 is 1.05 bits per heavy atom. The minimum Gasteiger partial charge on any atom is -0.491 e. The van der Waals surface area contributed by atoms with Crippen molar-refractivity contribution in [2.45, 2.75) is 33.8 Å². The van der Waals surface area contributed by atoms with Crippen molar-refractivity contribution in [3.63, 3.8) is 0 Å². The maximum Gasteiger partial charge on any atom is 0.273 e. The van der Waals surface area contributed by atoms with Crippen LogP contribution in [0.4, 0.5) is 0 Å². The molecular weight excluding hydrogens is 302 g/mol. The summed E-state index contributed by atoms with van der Waals surface area (Å²) >= 11 is 6.10. The monoisotopic (exact) mass is 321 g/mol. The van der Waals surface area contributed by atoms with Gasteiger partial charge in [-0.25, -0.2) is 0 Å². The van der Waals surface area contributed by atoms with Crippen LogP contribution >= 0.6 is 11.6 Å². The summed E-state index contributed by atoms with van der Waals surface area (Å²) in [7, 11) is 0. The van der Waals surface area contributed by atoms with Gasteiger partial charge in [0.25, 0.3) is 11.8 Å². The van der Waals surface area contributed by atoms with E-state index in [0.29, 0.717) is 17.9 Å². The second kappa shape index (κ2) is 6.53. The Hall–Kier alpha value is -1.81. The molecule has 1 aliphatic rings. The van der Waals surface area contributed by atoms with Gasteiger partial charge >= 0.3 is 0 Å². The summed E-state index contributed by atoms with van der Waals surface area (Å²) in [5, 5.41) is -0.0109. The average molecular weight is 322 g/mol. The molecule has 0 aromatic heterocycles. The Morgan fingerprint density at radius 2 is 1.64 bits per heavy atom. The zero-order valence-corrected chi connectivity index (χ0v) is 14.0. The number of carbonyl (C=O) groups excluding carboxylic acids is 2. The second-order valence-corrected chi connectivity index (χ2v) is 6.37. The largest absolute Gasteiger partial charge is 0.491 e. The number of nitrogens with zero attached hydrogens (tertiary/aromatic N) is 1. The summed E-state index contributed by atoms with van der Waals surface area (Å²) in [6, 6.07) is 7.05. The molecule has 0 radical (unpaired) electrons. The number of carbonyl (C=O) groups is 2. The minimum atomic E-state index is -0.419. The molecule has 0 saturated carbocycles. The standard InChI is InChI=1S/C17H20ClNO3/c1-10(2)9-19-16(20)14(15(18)17(19)21)12-5-7-13(8-6-12)22-11(3)4/h5-8,10-11H,9H2,1-4H3. The molecule has 1 aliphatic heterocycles. The van der Waals surface area contributed by atoms with Gasteiger partial charge in [0.2, 0.25) is 0 Å². The second-order valence-electron chi connectivity index (χ2n) is 5.99. The van der Waals surface area contributed by atoms with Crippen molar-refractivity contribution in [1.29, 1.82) is 0 Å². The first-order valence-electron chi connectivity index (χ1n) is 7.34. The number of hydrogen-bond acceptors (Lipinski definition) is 3. The van der Waals surface area contributed by atoms with Crippen molar-refractivity contribution in [2.24, 2.45) is 5.92 Å². The van der Waals surface area contributed by atoms with E-state index < -0.39 is 5.91 Å². The number of benzene rings is 1. The van der Waals surface area contributed by atoms with Crippen LogP contribution in [0.25, 0.3) is 5.57 Å². The maximum atomic E-state index is 12.5. The van der Waals surface area contributed by atoms with Crippen molar-refractivity contribution in [2.75, 3.05) is 6.54 Å². The molecule has 1 heterocycles. The topological polar surface area (TPSA) is 46.6 Å². The Kier molecular flexibility index (Phi) is 4.91. The fraction of sp³-hybridized carbons (Fsp3) is 0.412. The molecule has 2 amide bonds. The molecule has 0 aliphatic carbocycles. The molecule has 0 spiro atoms. The summed E-state index contributed by atoms with van der Waals surface area (Å²) in [4.78, 5) is 25.8. The van der Waals surface area contributed by atoms with E-state index in [-0.39, 0.29) is 28.5 Å². The van der Waals surface area contributed by atoms with Crippen LogP contribution in [0.15, 0.2) is 29.3 Å². The molecule has 22 heavy (non-hydrogen) atoms. The molecule has 0 N–H and O–H groups in total. The van der Waals surface area contributed by atoms with Crippen LogP contribution < -0.4 is 4.74 Å². The zero-order chi connectivity index (χ0) is 16.4. The molecule has 0 fully saturated rings. The average Bonchev–Trinajstić information content (AvgIpc) is 2.63. The van der Waals surface area contributed by atoms with Crippen LogP contribution in [0.5, 0.6) is 5.75 Å². The number of hydrogen-bond donors (Lipinski definition) is 0. The molecular formula is C17H20ClNO3. The van der Waals surface area contributed by atoms with E-state index in [1.165, 1.54) is 4.90 Å². The highest BCUT2D eigenvalue weighted by Gasteiger charge is 2.38. The Labute approximate surface area is 135 Å².